The molecule has 3 aliphatic rings. The fourth-order valence-corrected chi connectivity index (χ4v) is 6.07. The summed E-state index contributed by atoms with van der Waals surface area (Å²) >= 11 is 0. The maximum absolute atomic E-state index is 14.3. The fourth-order valence-electron chi connectivity index (χ4n) is 6.07. The standard InChI is InChI=1S/C27H26F3NO3/c28-27(29,30)26(34)22-20(16-25(17-21(22)32)14-8-3-9-15-25)31(24(26)33)23(18-10-4-1-5-11-18)19-12-6-2-7-13-19/h1-2,4-7,10-13,23,34H,3,8-9,14-17H2. The molecule has 1 spiro atoms. The number of carbonyl (C=O) groups is 2. The van der Waals surface area contributed by atoms with Crippen molar-refractivity contribution in [1.82, 2.24) is 4.90 Å². The zero-order valence-electron chi connectivity index (χ0n) is 18.6. The van der Waals surface area contributed by atoms with Crippen LogP contribution in [0.15, 0.2) is 71.9 Å². The Morgan fingerprint density at radius 1 is 0.824 bits per heavy atom. The van der Waals surface area contributed by atoms with Gasteiger partial charge in [-0.15, -0.1) is 0 Å². The summed E-state index contributed by atoms with van der Waals surface area (Å²) in [6, 6.07) is 16.7. The minimum absolute atomic E-state index is 0.0284. The van der Waals surface area contributed by atoms with Crippen molar-refractivity contribution in [2.45, 2.75) is 62.8 Å². The Morgan fingerprint density at radius 3 is 1.85 bits per heavy atom. The molecule has 1 amide bonds. The van der Waals surface area contributed by atoms with Gasteiger partial charge in [-0.3, -0.25) is 9.59 Å². The molecule has 1 aliphatic heterocycles. The predicted octanol–water partition coefficient (Wildman–Crippen LogP) is 5.48. The molecular weight excluding hydrogens is 443 g/mol. The lowest BCUT2D eigenvalue weighted by molar-refractivity contribution is -0.239. The molecule has 1 fully saturated rings. The van der Waals surface area contributed by atoms with E-state index >= 15 is 0 Å². The quantitative estimate of drug-likeness (QED) is 0.648. The molecule has 1 N–H and O–H groups in total. The highest BCUT2D eigenvalue weighted by atomic mass is 19.4. The molecule has 1 heterocycles. The molecule has 1 saturated carbocycles. The highest BCUT2D eigenvalue weighted by Crippen LogP contribution is 2.57. The van der Waals surface area contributed by atoms with Gasteiger partial charge in [0.25, 0.3) is 11.5 Å². The van der Waals surface area contributed by atoms with E-state index in [-0.39, 0.29) is 18.5 Å². The predicted molar refractivity (Wildman–Crippen MR) is 119 cm³/mol. The molecule has 0 radical (unpaired) electrons. The number of allylic oxidation sites excluding steroid dienone is 1. The Hall–Kier alpha value is -2.93. The van der Waals surface area contributed by atoms with Crippen LogP contribution >= 0.6 is 0 Å². The number of halogens is 3. The van der Waals surface area contributed by atoms with Crippen molar-refractivity contribution >= 4 is 11.7 Å². The lowest BCUT2D eigenvalue weighted by Gasteiger charge is -2.42. The zero-order valence-corrected chi connectivity index (χ0v) is 18.6. The van der Waals surface area contributed by atoms with Crippen LogP contribution in [-0.4, -0.2) is 33.5 Å². The van der Waals surface area contributed by atoms with E-state index in [0.29, 0.717) is 11.1 Å². The molecule has 7 heteroatoms. The third-order valence-corrected chi connectivity index (χ3v) is 7.64. The number of amides is 1. The number of ketones is 1. The topological polar surface area (TPSA) is 57.6 Å². The van der Waals surface area contributed by atoms with Gasteiger partial charge >= 0.3 is 6.18 Å². The van der Waals surface area contributed by atoms with Crippen LogP contribution in [0.1, 0.15) is 62.1 Å². The highest BCUT2D eigenvalue weighted by Gasteiger charge is 2.71. The van der Waals surface area contributed by atoms with Gasteiger partial charge in [-0.25, -0.2) is 0 Å². The molecule has 0 bridgehead atoms. The first-order valence-corrected chi connectivity index (χ1v) is 11.7. The van der Waals surface area contributed by atoms with Crippen molar-refractivity contribution in [1.29, 1.82) is 0 Å². The molecule has 0 saturated heterocycles. The molecule has 5 rings (SSSR count). The first-order valence-electron chi connectivity index (χ1n) is 11.7. The molecular formula is C27H26F3NO3. The lowest BCUT2D eigenvalue weighted by Crippen LogP contribution is -2.55. The number of aliphatic hydroxyl groups is 1. The van der Waals surface area contributed by atoms with Crippen molar-refractivity contribution in [3.8, 4) is 0 Å². The number of benzene rings is 2. The third-order valence-electron chi connectivity index (χ3n) is 7.64. The van der Waals surface area contributed by atoms with Gasteiger partial charge in [0.2, 0.25) is 0 Å². The summed E-state index contributed by atoms with van der Waals surface area (Å²) < 4.78 is 43.0. The Morgan fingerprint density at radius 2 is 1.35 bits per heavy atom. The molecule has 2 aromatic carbocycles. The first-order chi connectivity index (χ1) is 16.2. The van der Waals surface area contributed by atoms with Crippen LogP contribution in [0, 0.1) is 5.41 Å². The zero-order chi connectivity index (χ0) is 24.1. The molecule has 2 aliphatic carbocycles. The van der Waals surface area contributed by atoms with E-state index in [9.17, 15) is 27.9 Å². The van der Waals surface area contributed by atoms with Crippen LogP contribution in [0.4, 0.5) is 13.2 Å². The SMILES string of the molecule is O=C1CC2(CCCCC2)CC2=C1C(O)(C(F)(F)F)C(=O)N2C(c1ccccc1)c1ccccc1. The summed E-state index contributed by atoms with van der Waals surface area (Å²) in [5.74, 6) is -2.26. The minimum atomic E-state index is -5.32. The normalized spacial score (nSPS) is 24.8. The van der Waals surface area contributed by atoms with Gasteiger partial charge in [0.15, 0.2) is 5.78 Å². The molecule has 4 nitrogen and oxygen atoms in total. The monoisotopic (exact) mass is 469 g/mol. The van der Waals surface area contributed by atoms with E-state index in [4.69, 9.17) is 0 Å². The summed E-state index contributed by atoms with van der Waals surface area (Å²) in [6.45, 7) is 0. The average Bonchev–Trinajstić information content (AvgIpc) is 3.04. The van der Waals surface area contributed by atoms with E-state index in [1.807, 2.05) is 0 Å². The van der Waals surface area contributed by atoms with Crippen LogP contribution in [0.2, 0.25) is 0 Å². The van der Waals surface area contributed by atoms with E-state index in [1.54, 1.807) is 60.7 Å². The molecule has 178 valence electrons. The van der Waals surface area contributed by atoms with Crippen molar-refractivity contribution in [3.63, 3.8) is 0 Å². The average molecular weight is 470 g/mol. The fraction of sp³-hybridized carbons (Fsp3) is 0.407. The third kappa shape index (κ3) is 3.40. The Labute approximate surface area is 196 Å². The first kappa shape index (κ1) is 22.8. The van der Waals surface area contributed by atoms with E-state index in [2.05, 4.69) is 0 Å². The van der Waals surface area contributed by atoms with Gasteiger partial charge < -0.3 is 10.0 Å². The van der Waals surface area contributed by atoms with E-state index < -0.39 is 40.5 Å². The molecule has 0 aromatic heterocycles. The number of carbonyl (C=O) groups excluding carboxylic acids is 2. The summed E-state index contributed by atoms with van der Waals surface area (Å²) in [4.78, 5) is 28.0. The summed E-state index contributed by atoms with van der Waals surface area (Å²) in [7, 11) is 0. The second-order valence-electron chi connectivity index (χ2n) is 9.77. The summed E-state index contributed by atoms with van der Waals surface area (Å²) in [5.41, 5.74) is -3.84. The number of hydrogen-bond acceptors (Lipinski definition) is 3. The van der Waals surface area contributed by atoms with Crippen LogP contribution in [0.3, 0.4) is 0 Å². The molecule has 34 heavy (non-hydrogen) atoms. The second-order valence-corrected chi connectivity index (χ2v) is 9.77. The van der Waals surface area contributed by atoms with E-state index in [1.165, 1.54) is 0 Å². The van der Waals surface area contributed by atoms with Gasteiger partial charge in [-0.05, 0) is 35.8 Å². The highest BCUT2D eigenvalue weighted by molar-refractivity contribution is 6.11. The minimum Gasteiger partial charge on any atom is -0.368 e. The van der Waals surface area contributed by atoms with Gasteiger partial charge in [-0.2, -0.15) is 13.2 Å². The van der Waals surface area contributed by atoms with Gasteiger partial charge in [0.1, 0.15) is 0 Å². The second kappa shape index (κ2) is 8.08. The number of Topliss-reactive ketones (excluding diaryl/α,β-unsaturated/α-hetero) is 1. The molecule has 2 aromatic rings. The lowest BCUT2D eigenvalue weighted by atomic mass is 9.64. The number of alkyl halides is 3. The van der Waals surface area contributed by atoms with Gasteiger partial charge in [0, 0.05) is 12.1 Å². The van der Waals surface area contributed by atoms with Crippen LogP contribution in [-0.2, 0) is 9.59 Å². The van der Waals surface area contributed by atoms with Crippen molar-refractivity contribution in [3.05, 3.63) is 83.1 Å². The van der Waals surface area contributed by atoms with Gasteiger partial charge in [-0.1, -0.05) is 79.9 Å². The molecule has 1 atom stereocenters. The van der Waals surface area contributed by atoms with Crippen LogP contribution < -0.4 is 0 Å². The Balaban J connectivity index is 1.73. The number of nitrogens with zero attached hydrogens (tertiary/aromatic N) is 1. The maximum atomic E-state index is 14.3. The maximum Gasteiger partial charge on any atom is 0.430 e. The summed E-state index contributed by atoms with van der Waals surface area (Å²) in [6.07, 6.45) is -0.937. The number of rotatable bonds is 3. The van der Waals surface area contributed by atoms with Gasteiger partial charge in [0.05, 0.1) is 11.6 Å². The van der Waals surface area contributed by atoms with Crippen LogP contribution in [0.25, 0.3) is 0 Å². The van der Waals surface area contributed by atoms with Crippen LogP contribution in [0.5, 0.6) is 0 Å². The van der Waals surface area contributed by atoms with Crippen molar-refractivity contribution < 1.29 is 27.9 Å². The Bertz CT molecular complexity index is 1100. The largest absolute Gasteiger partial charge is 0.430 e. The Kier molecular flexibility index (Phi) is 5.43. The van der Waals surface area contributed by atoms with Crippen molar-refractivity contribution in [2.75, 3.05) is 0 Å². The number of hydrogen-bond donors (Lipinski definition) is 1. The molecule has 1 unspecified atom stereocenters. The summed E-state index contributed by atoms with van der Waals surface area (Å²) in [5, 5.41) is 11.0. The van der Waals surface area contributed by atoms with E-state index in [0.717, 1.165) is 37.0 Å². The van der Waals surface area contributed by atoms with Crippen molar-refractivity contribution in [2.24, 2.45) is 5.41 Å². The smallest absolute Gasteiger partial charge is 0.368 e.